The molecule has 0 saturated carbocycles. The van der Waals surface area contributed by atoms with Crippen molar-refractivity contribution in [2.75, 3.05) is 13.2 Å². The lowest BCUT2D eigenvalue weighted by Gasteiger charge is -2.14. The smallest absolute Gasteiger partial charge is 0.310 e. The molecule has 0 amide bonds. The Hall–Kier alpha value is -2.86. The predicted molar refractivity (Wildman–Crippen MR) is 118 cm³/mol. The Balaban J connectivity index is 1.39. The van der Waals surface area contributed by atoms with Crippen LogP contribution in [0.25, 0.3) is 11.0 Å². The minimum Gasteiger partial charge on any atom is -0.464 e. The molecule has 1 aliphatic heterocycles. The standard InChI is InChI=1S/C25H29NO5/c1-15-8-22-19(13-30-24(22)9-16(15)2)11-25(28)31-14-23(27)21-10-17(3)26(18(21)4)12-20-6-5-7-29-20/h8-10,13,20H,5-7,11-12,14H2,1-4H3. The molecule has 6 nitrogen and oxygen atoms in total. The zero-order chi connectivity index (χ0) is 22.1. The van der Waals surface area contributed by atoms with Gasteiger partial charge in [-0.05, 0) is 69.9 Å². The molecule has 1 unspecified atom stereocenters. The average Bonchev–Trinajstić information content (AvgIpc) is 3.44. The quantitative estimate of drug-likeness (QED) is 0.410. The molecule has 1 saturated heterocycles. The van der Waals surface area contributed by atoms with E-state index in [4.69, 9.17) is 13.9 Å². The minimum absolute atomic E-state index is 0.0703. The van der Waals surface area contributed by atoms with Crippen LogP contribution in [0.4, 0.5) is 0 Å². The lowest BCUT2D eigenvalue weighted by molar-refractivity contribution is -0.141. The first-order valence-corrected chi connectivity index (χ1v) is 10.8. The molecular formula is C25H29NO5. The number of furan rings is 1. The largest absolute Gasteiger partial charge is 0.464 e. The van der Waals surface area contributed by atoms with Gasteiger partial charge in [-0.25, -0.2) is 0 Å². The van der Waals surface area contributed by atoms with Gasteiger partial charge in [-0.3, -0.25) is 9.59 Å². The molecule has 0 radical (unpaired) electrons. The number of benzene rings is 1. The first-order chi connectivity index (χ1) is 14.8. The third kappa shape index (κ3) is 4.44. The maximum Gasteiger partial charge on any atom is 0.310 e. The van der Waals surface area contributed by atoms with Crippen molar-refractivity contribution < 1.29 is 23.5 Å². The fraction of sp³-hybridized carbons (Fsp3) is 0.440. The molecule has 0 aliphatic carbocycles. The number of aromatic nitrogens is 1. The molecule has 2 aromatic heterocycles. The number of ketones is 1. The monoisotopic (exact) mass is 423 g/mol. The van der Waals surface area contributed by atoms with Crippen LogP contribution in [-0.2, 0) is 27.2 Å². The Morgan fingerprint density at radius 1 is 1.13 bits per heavy atom. The summed E-state index contributed by atoms with van der Waals surface area (Å²) in [5.74, 6) is -0.633. The number of rotatable bonds is 7. The van der Waals surface area contributed by atoms with Gasteiger partial charge in [0.15, 0.2) is 6.61 Å². The van der Waals surface area contributed by atoms with Crippen LogP contribution in [0.15, 0.2) is 28.9 Å². The van der Waals surface area contributed by atoms with Crippen LogP contribution >= 0.6 is 0 Å². The van der Waals surface area contributed by atoms with E-state index in [1.165, 1.54) is 0 Å². The van der Waals surface area contributed by atoms with Crippen molar-refractivity contribution >= 4 is 22.7 Å². The normalized spacial score (nSPS) is 16.2. The van der Waals surface area contributed by atoms with Crippen molar-refractivity contribution in [1.29, 1.82) is 0 Å². The second-order valence-electron chi connectivity index (χ2n) is 8.48. The van der Waals surface area contributed by atoms with Gasteiger partial charge in [0.1, 0.15) is 5.58 Å². The number of hydrogen-bond donors (Lipinski definition) is 0. The number of ether oxygens (including phenoxy) is 2. The highest BCUT2D eigenvalue weighted by atomic mass is 16.5. The van der Waals surface area contributed by atoms with Crippen molar-refractivity contribution in [2.45, 2.75) is 59.6 Å². The molecule has 4 rings (SSSR count). The van der Waals surface area contributed by atoms with Gasteiger partial charge in [0.25, 0.3) is 0 Å². The summed E-state index contributed by atoms with van der Waals surface area (Å²) in [5.41, 5.74) is 6.30. The van der Waals surface area contributed by atoms with Crippen LogP contribution in [0.3, 0.4) is 0 Å². The molecule has 1 fully saturated rings. The number of hydrogen-bond acceptors (Lipinski definition) is 5. The fourth-order valence-electron chi connectivity index (χ4n) is 4.26. The van der Waals surface area contributed by atoms with Crippen molar-refractivity contribution in [3.05, 3.63) is 58.1 Å². The number of Topliss-reactive ketones (excluding diaryl/α,β-unsaturated/α-hetero) is 1. The average molecular weight is 424 g/mol. The van der Waals surface area contributed by atoms with Gasteiger partial charge in [-0.15, -0.1) is 0 Å². The van der Waals surface area contributed by atoms with E-state index in [2.05, 4.69) is 4.57 Å². The molecule has 6 heteroatoms. The predicted octanol–water partition coefficient (Wildman–Crippen LogP) is 4.62. The summed E-state index contributed by atoms with van der Waals surface area (Å²) >= 11 is 0. The molecule has 1 aromatic carbocycles. The molecule has 0 bridgehead atoms. The van der Waals surface area contributed by atoms with Crippen molar-refractivity contribution in [2.24, 2.45) is 0 Å². The Labute approximate surface area is 182 Å². The van der Waals surface area contributed by atoms with Crippen LogP contribution < -0.4 is 0 Å². The van der Waals surface area contributed by atoms with E-state index in [0.717, 1.165) is 65.0 Å². The zero-order valence-corrected chi connectivity index (χ0v) is 18.6. The van der Waals surface area contributed by atoms with Gasteiger partial charge in [-0.1, -0.05) is 0 Å². The van der Waals surface area contributed by atoms with E-state index in [0.29, 0.717) is 5.56 Å². The van der Waals surface area contributed by atoms with Gasteiger partial charge < -0.3 is 18.5 Å². The number of aryl methyl sites for hydroxylation is 3. The van der Waals surface area contributed by atoms with E-state index < -0.39 is 5.97 Å². The number of nitrogens with zero attached hydrogens (tertiary/aromatic N) is 1. The maximum absolute atomic E-state index is 12.7. The summed E-state index contributed by atoms with van der Waals surface area (Å²) in [6.45, 7) is 9.24. The summed E-state index contributed by atoms with van der Waals surface area (Å²) < 4.78 is 18.7. The van der Waals surface area contributed by atoms with E-state index in [9.17, 15) is 9.59 Å². The van der Waals surface area contributed by atoms with E-state index >= 15 is 0 Å². The van der Waals surface area contributed by atoms with Gasteiger partial charge in [0.05, 0.1) is 18.8 Å². The molecule has 31 heavy (non-hydrogen) atoms. The second-order valence-corrected chi connectivity index (χ2v) is 8.48. The van der Waals surface area contributed by atoms with E-state index in [1.54, 1.807) is 6.26 Å². The van der Waals surface area contributed by atoms with Gasteiger partial charge >= 0.3 is 5.97 Å². The van der Waals surface area contributed by atoms with E-state index in [1.807, 2.05) is 45.9 Å². The first-order valence-electron chi connectivity index (χ1n) is 10.8. The highest BCUT2D eigenvalue weighted by molar-refractivity contribution is 5.99. The molecule has 1 aliphatic rings. The molecule has 0 N–H and O–H groups in total. The van der Waals surface area contributed by atoms with Crippen LogP contribution in [0.1, 0.15) is 51.3 Å². The third-order valence-corrected chi connectivity index (χ3v) is 6.25. The van der Waals surface area contributed by atoms with E-state index in [-0.39, 0.29) is 24.9 Å². The summed E-state index contributed by atoms with van der Waals surface area (Å²) in [4.78, 5) is 25.1. The number of fused-ring (bicyclic) bond motifs is 1. The highest BCUT2D eigenvalue weighted by Gasteiger charge is 2.22. The number of esters is 1. The summed E-state index contributed by atoms with van der Waals surface area (Å²) in [6.07, 6.45) is 3.98. The number of carbonyl (C=O) groups excluding carboxylic acids is 2. The van der Waals surface area contributed by atoms with Crippen molar-refractivity contribution in [1.82, 2.24) is 4.57 Å². The van der Waals surface area contributed by atoms with Gasteiger partial charge in [0.2, 0.25) is 5.78 Å². The van der Waals surface area contributed by atoms with Crippen LogP contribution in [-0.4, -0.2) is 35.6 Å². The third-order valence-electron chi connectivity index (χ3n) is 6.25. The molecule has 164 valence electrons. The first kappa shape index (κ1) is 21.4. The Morgan fingerprint density at radius 3 is 2.65 bits per heavy atom. The lowest BCUT2D eigenvalue weighted by Crippen LogP contribution is -2.18. The SMILES string of the molecule is Cc1cc2occ(CC(=O)OCC(=O)c3cc(C)n(CC4CCCO4)c3C)c2cc1C. The van der Waals surface area contributed by atoms with Crippen LogP contribution in [0.2, 0.25) is 0 Å². The summed E-state index contributed by atoms with van der Waals surface area (Å²) in [5, 5.41) is 0.907. The lowest BCUT2D eigenvalue weighted by atomic mass is 10.0. The minimum atomic E-state index is -0.442. The maximum atomic E-state index is 12.7. The molecular weight excluding hydrogens is 394 g/mol. The van der Waals surface area contributed by atoms with Gasteiger partial charge in [0, 0.05) is 41.1 Å². The molecule has 3 aromatic rings. The Morgan fingerprint density at radius 2 is 1.90 bits per heavy atom. The van der Waals surface area contributed by atoms with Crippen molar-refractivity contribution in [3.8, 4) is 0 Å². The summed E-state index contributed by atoms with van der Waals surface area (Å²) in [6, 6.07) is 5.86. The Kier molecular flexibility index (Phi) is 6.01. The van der Waals surface area contributed by atoms with Gasteiger partial charge in [-0.2, -0.15) is 0 Å². The molecule has 3 heterocycles. The fourth-order valence-corrected chi connectivity index (χ4v) is 4.26. The summed E-state index contributed by atoms with van der Waals surface area (Å²) in [7, 11) is 0. The Bertz CT molecular complexity index is 1130. The van der Waals surface area contributed by atoms with Crippen LogP contribution in [0, 0.1) is 27.7 Å². The second kappa shape index (κ2) is 8.71. The topological polar surface area (TPSA) is 70.7 Å². The highest BCUT2D eigenvalue weighted by Crippen LogP contribution is 2.25. The van der Waals surface area contributed by atoms with Crippen molar-refractivity contribution in [3.63, 3.8) is 0 Å². The molecule has 1 atom stereocenters. The molecule has 0 spiro atoms. The number of carbonyl (C=O) groups is 2. The van der Waals surface area contributed by atoms with Crippen LogP contribution in [0.5, 0.6) is 0 Å². The zero-order valence-electron chi connectivity index (χ0n) is 18.6.